The van der Waals surface area contributed by atoms with Gasteiger partial charge in [0.2, 0.25) is 0 Å². The number of unbranched alkanes of at least 4 members (excludes halogenated alkanes) is 4. The molecule has 5 heteroatoms. The molecule has 0 saturated heterocycles. The van der Waals surface area contributed by atoms with Crippen molar-refractivity contribution in [1.29, 1.82) is 0 Å². The third kappa shape index (κ3) is 9.43. The molecule has 0 spiro atoms. The standard InChI is InChI=1S/C19H28O5/c1-2-3-4-5-9-12-22-13-14-23-15-16-24-19(21)18(20)17-10-7-6-8-11-17/h6-8,10-11H,2-5,9,12-16H2,1H3. The van der Waals surface area contributed by atoms with Crippen molar-refractivity contribution in [3.05, 3.63) is 35.9 Å². The monoisotopic (exact) mass is 336 g/mol. The van der Waals surface area contributed by atoms with Gasteiger partial charge >= 0.3 is 5.97 Å². The molecular formula is C19H28O5. The number of carbonyl (C=O) groups excluding carboxylic acids is 2. The summed E-state index contributed by atoms with van der Waals surface area (Å²) in [6, 6.07) is 8.35. The van der Waals surface area contributed by atoms with Crippen LogP contribution in [0.5, 0.6) is 0 Å². The van der Waals surface area contributed by atoms with Gasteiger partial charge in [-0.1, -0.05) is 62.9 Å². The van der Waals surface area contributed by atoms with E-state index in [0.29, 0.717) is 18.8 Å². The Kier molecular flexibility index (Phi) is 11.6. The van der Waals surface area contributed by atoms with Gasteiger partial charge in [0, 0.05) is 12.2 Å². The van der Waals surface area contributed by atoms with E-state index in [9.17, 15) is 9.59 Å². The molecule has 5 nitrogen and oxygen atoms in total. The van der Waals surface area contributed by atoms with E-state index in [0.717, 1.165) is 13.0 Å². The van der Waals surface area contributed by atoms with Crippen LogP contribution in [-0.2, 0) is 19.0 Å². The maximum Gasteiger partial charge on any atom is 0.379 e. The number of ether oxygens (including phenoxy) is 3. The van der Waals surface area contributed by atoms with E-state index in [-0.39, 0.29) is 13.2 Å². The van der Waals surface area contributed by atoms with Gasteiger partial charge in [-0.2, -0.15) is 0 Å². The SMILES string of the molecule is CCCCCCCOCCOCCOC(=O)C(=O)c1ccccc1. The molecule has 1 rings (SSSR count). The van der Waals surface area contributed by atoms with E-state index in [4.69, 9.17) is 14.2 Å². The Morgan fingerprint density at radius 1 is 0.792 bits per heavy atom. The molecule has 1 aromatic rings. The number of ketones is 1. The smallest absolute Gasteiger partial charge is 0.379 e. The zero-order valence-corrected chi connectivity index (χ0v) is 14.5. The minimum Gasteiger partial charge on any atom is -0.457 e. The first-order valence-electron chi connectivity index (χ1n) is 8.67. The second kappa shape index (κ2) is 13.7. The predicted molar refractivity (Wildman–Crippen MR) is 92.1 cm³/mol. The minimum atomic E-state index is -0.854. The second-order valence-electron chi connectivity index (χ2n) is 5.47. The van der Waals surface area contributed by atoms with Gasteiger partial charge in [0.15, 0.2) is 0 Å². The van der Waals surface area contributed by atoms with Crippen molar-refractivity contribution >= 4 is 11.8 Å². The van der Waals surface area contributed by atoms with E-state index < -0.39 is 11.8 Å². The molecule has 0 aromatic heterocycles. The number of hydrogen-bond donors (Lipinski definition) is 0. The number of hydrogen-bond acceptors (Lipinski definition) is 5. The Labute approximate surface area is 144 Å². The van der Waals surface area contributed by atoms with Crippen LogP contribution in [0.25, 0.3) is 0 Å². The van der Waals surface area contributed by atoms with Crippen molar-refractivity contribution in [3.63, 3.8) is 0 Å². The summed E-state index contributed by atoms with van der Waals surface area (Å²) in [5.74, 6) is -1.49. The maximum atomic E-state index is 11.7. The van der Waals surface area contributed by atoms with E-state index in [1.165, 1.54) is 25.7 Å². The van der Waals surface area contributed by atoms with Gasteiger partial charge < -0.3 is 14.2 Å². The van der Waals surface area contributed by atoms with Crippen LogP contribution in [0.1, 0.15) is 49.4 Å². The Bertz CT molecular complexity index is 458. The van der Waals surface area contributed by atoms with Crippen LogP contribution in [0.15, 0.2) is 30.3 Å². The summed E-state index contributed by atoms with van der Waals surface area (Å²) in [6.07, 6.45) is 6.09. The summed E-state index contributed by atoms with van der Waals surface area (Å²) in [7, 11) is 0. The molecule has 134 valence electrons. The molecular weight excluding hydrogens is 308 g/mol. The lowest BCUT2D eigenvalue weighted by Crippen LogP contribution is -2.20. The quantitative estimate of drug-likeness (QED) is 0.225. The lowest BCUT2D eigenvalue weighted by Gasteiger charge is -2.07. The van der Waals surface area contributed by atoms with Gasteiger partial charge in [0.1, 0.15) is 6.61 Å². The Morgan fingerprint density at radius 2 is 1.42 bits per heavy atom. The average Bonchev–Trinajstić information content (AvgIpc) is 2.62. The van der Waals surface area contributed by atoms with Crippen LogP contribution < -0.4 is 0 Å². The summed E-state index contributed by atoms with van der Waals surface area (Å²) >= 11 is 0. The molecule has 0 bridgehead atoms. The maximum absolute atomic E-state index is 11.7. The first kappa shape index (κ1) is 20.3. The van der Waals surface area contributed by atoms with Crippen molar-refractivity contribution in [3.8, 4) is 0 Å². The summed E-state index contributed by atoms with van der Waals surface area (Å²) in [5.41, 5.74) is 0.329. The molecule has 0 unspecified atom stereocenters. The number of rotatable bonds is 14. The Morgan fingerprint density at radius 3 is 2.12 bits per heavy atom. The van der Waals surface area contributed by atoms with Gasteiger partial charge in [-0.15, -0.1) is 0 Å². The van der Waals surface area contributed by atoms with E-state index >= 15 is 0 Å². The van der Waals surface area contributed by atoms with Gasteiger partial charge in [0.05, 0.1) is 19.8 Å². The van der Waals surface area contributed by atoms with Crippen LogP contribution >= 0.6 is 0 Å². The van der Waals surface area contributed by atoms with Crippen molar-refractivity contribution in [2.45, 2.75) is 39.0 Å². The summed E-state index contributed by atoms with van der Waals surface area (Å²) in [6.45, 7) is 4.27. The molecule has 0 aliphatic heterocycles. The lowest BCUT2D eigenvalue weighted by atomic mass is 10.1. The van der Waals surface area contributed by atoms with Gasteiger partial charge in [-0.05, 0) is 6.42 Å². The highest BCUT2D eigenvalue weighted by molar-refractivity contribution is 6.40. The van der Waals surface area contributed by atoms with Crippen LogP contribution in [0.4, 0.5) is 0 Å². The molecule has 0 atom stereocenters. The van der Waals surface area contributed by atoms with Crippen LogP contribution in [0.3, 0.4) is 0 Å². The fraction of sp³-hybridized carbons (Fsp3) is 0.579. The largest absolute Gasteiger partial charge is 0.457 e. The second-order valence-corrected chi connectivity index (χ2v) is 5.47. The zero-order valence-electron chi connectivity index (χ0n) is 14.5. The molecule has 0 heterocycles. The Balaban J connectivity index is 1.93. The van der Waals surface area contributed by atoms with Gasteiger partial charge in [0.25, 0.3) is 5.78 Å². The van der Waals surface area contributed by atoms with Crippen LogP contribution in [0, 0.1) is 0 Å². The highest BCUT2D eigenvalue weighted by Gasteiger charge is 2.16. The van der Waals surface area contributed by atoms with Gasteiger partial charge in [-0.25, -0.2) is 4.79 Å². The topological polar surface area (TPSA) is 61.8 Å². The highest BCUT2D eigenvalue weighted by Crippen LogP contribution is 2.02. The molecule has 0 N–H and O–H groups in total. The summed E-state index contributed by atoms with van der Waals surface area (Å²) < 4.78 is 15.6. The molecule has 1 aromatic carbocycles. The average molecular weight is 336 g/mol. The minimum absolute atomic E-state index is 0.0639. The molecule has 0 aliphatic carbocycles. The van der Waals surface area contributed by atoms with Crippen molar-refractivity contribution < 1.29 is 23.8 Å². The zero-order chi connectivity index (χ0) is 17.5. The van der Waals surface area contributed by atoms with E-state index in [2.05, 4.69) is 6.92 Å². The third-order valence-electron chi connectivity index (χ3n) is 3.45. The van der Waals surface area contributed by atoms with E-state index in [1.54, 1.807) is 30.3 Å². The Hall–Kier alpha value is -1.72. The van der Waals surface area contributed by atoms with Crippen LogP contribution in [-0.4, -0.2) is 44.8 Å². The molecule has 0 fully saturated rings. The highest BCUT2D eigenvalue weighted by atomic mass is 16.6. The first-order valence-corrected chi connectivity index (χ1v) is 8.67. The third-order valence-corrected chi connectivity index (χ3v) is 3.45. The number of benzene rings is 1. The molecule has 0 aliphatic rings. The van der Waals surface area contributed by atoms with Gasteiger partial charge in [-0.3, -0.25) is 4.79 Å². The van der Waals surface area contributed by atoms with Crippen molar-refractivity contribution in [1.82, 2.24) is 0 Å². The van der Waals surface area contributed by atoms with Crippen molar-refractivity contribution in [2.75, 3.05) is 33.0 Å². The first-order chi connectivity index (χ1) is 11.8. The number of Topliss-reactive ketones (excluding diaryl/α,β-unsaturated/α-hetero) is 1. The van der Waals surface area contributed by atoms with Crippen LogP contribution in [0.2, 0.25) is 0 Å². The van der Waals surface area contributed by atoms with E-state index in [1.807, 2.05) is 0 Å². The molecule has 0 amide bonds. The number of carbonyl (C=O) groups is 2. The predicted octanol–water partition coefficient (Wildman–Crippen LogP) is 3.42. The fourth-order valence-corrected chi connectivity index (χ4v) is 2.10. The fourth-order valence-electron chi connectivity index (χ4n) is 2.10. The normalized spacial score (nSPS) is 10.5. The summed E-state index contributed by atoms with van der Waals surface area (Å²) in [4.78, 5) is 23.3. The molecule has 0 saturated carbocycles. The van der Waals surface area contributed by atoms with Crippen molar-refractivity contribution in [2.24, 2.45) is 0 Å². The molecule has 0 radical (unpaired) electrons. The lowest BCUT2D eigenvalue weighted by molar-refractivity contribution is -0.139. The summed E-state index contributed by atoms with van der Waals surface area (Å²) in [5, 5.41) is 0. The molecule has 24 heavy (non-hydrogen) atoms. The number of esters is 1.